The highest BCUT2D eigenvalue weighted by Crippen LogP contribution is 2.47. The summed E-state index contributed by atoms with van der Waals surface area (Å²) >= 11 is 2.38. The molecule has 0 bridgehead atoms. The van der Waals surface area contributed by atoms with Gasteiger partial charge in [-0.25, -0.2) is 9.48 Å². The Morgan fingerprint density at radius 3 is 2.83 bits per heavy atom. The van der Waals surface area contributed by atoms with E-state index in [9.17, 15) is 38.0 Å². The number of nitrogens with zero attached hydrogens (tertiary/aromatic N) is 7. The number of thioether (sulfide) groups is 2. The number of aryl methyl sites for hydroxylation is 1. The van der Waals surface area contributed by atoms with Gasteiger partial charge in [0.2, 0.25) is 17.6 Å². The van der Waals surface area contributed by atoms with E-state index in [0.29, 0.717) is 10.7 Å². The van der Waals surface area contributed by atoms with Crippen LogP contribution in [0.25, 0.3) is 0 Å². The molecular formula is C18H20N8O11S3. The average Bonchev–Trinajstić information content (AvgIpc) is 3.51. The van der Waals surface area contributed by atoms with Gasteiger partial charge < -0.3 is 23.9 Å². The van der Waals surface area contributed by atoms with Crippen molar-refractivity contribution in [3.63, 3.8) is 0 Å². The van der Waals surface area contributed by atoms with E-state index >= 15 is 0 Å². The molecule has 2 atom stereocenters. The molecular weight excluding hydrogens is 600 g/mol. The van der Waals surface area contributed by atoms with Gasteiger partial charge in [0.05, 0.1) is 6.42 Å². The lowest BCUT2D eigenvalue weighted by Gasteiger charge is -2.55. The van der Waals surface area contributed by atoms with Gasteiger partial charge in [-0.3, -0.25) is 24.6 Å². The molecule has 40 heavy (non-hydrogen) atoms. The second kappa shape index (κ2) is 11.4. The van der Waals surface area contributed by atoms with Crippen molar-refractivity contribution in [3.05, 3.63) is 33.2 Å². The lowest BCUT2D eigenvalue weighted by Crippen LogP contribution is -2.80. The van der Waals surface area contributed by atoms with Crippen LogP contribution in [0.3, 0.4) is 0 Å². The number of aliphatic carboxylic acids is 1. The fourth-order valence-electron chi connectivity index (χ4n) is 3.73. The second-order valence-corrected chi connectivity index (χ2v) is 11.9. The Labute approximate surface area is 232 Å². The Morgan fingerprint density at radius 1 is 1.45 bits per heavy atom. The summed E-state index contributed by atoms with van der Waals surface area (Å²) in [5.41, 5.74) is -1.65. The maximum absolute atomic E-state index is 13.2. The summed E-state index contributed by atoms with van der Waals surface area (Å²) in [6.45, 7) is -0.878. The van der Waals surface area contributed by atoms with Gasteiger partial charge in [-0.1, -0.05) is 11.8 Å². The number of fused-ring (bicyclic) bond motifs is 1. The lowest BCUT2D eigenvalue weighted by atomic mass is 9.98. The SMILES string of the molecule is CO[C@@]1(NC(=O)Cc2cc(OS(=O)(=O)CC[N+](=O)[O-])no2)C(=O)N2C(C(=O)O)=C(CSc3nnnn3C)CS[C@@H]21. The molecule has 2 aliphatic rings. The zero-order chi connectivity index (χ0) is 29.2. The minimum atomic E-state index is -4.33. The van der Waals surface area contributed by atoms with E-state index in [0.717, 1.165) is 11.0 Å². The largest absolute Gasteiger partial charge is 0.477 e. The molecule has 2 amide bonds. The predicted molar refractivity (Wildman–Crippen MR) is 132 cm³/mol. The number of hydrogen-bond acceptors (Lipinski definition) is 16. The van der Waals surface area contributed by atoms with Crippen molar-refractivity contribution in [3.8, 4) is 5.88 Å². The lowest BCUT2D eigenvalue weighted by molar-refractivity contribution is -0.474. The second-order valence-electron chi connectivity index (χ2n) is 8.17. The third-order valence-electron chi connectivity index (χ3n) is 5.52. The van der Waals surface area contributed by atoms with Gasteiger partial charge in [-0.2, -0.15) is 8.42 Å². The number of carboxylic acids is 1. The fraction of sp³-hybridized carbons (Fsp3) is 0.500. The smallest absolute Gasteiger partial charge is 0.352 e. The van der Waals surface area contributed by atoms with Crippen LogP contribution < -0.4 is 9.50 Å². The molecule has 0 saturated carbocycles. The van der Waals surface area contributed by atoms with Crippen molar-refractivity contribution in [2.75, 3.05) is 30.9 Å². The summed E-state index contributed by atoms with van der Waals surface area (Å²) in [5, 5.41) is 36.7. The van der Waals surface area contributed by atoms with E-state index in [1.54, 1.807) is 7.05 Å². The summed E-state index contributed by atoms with van der Waals surface area (Å²) < 4.78 is 39.9. The molecule has 1 saturated heterocycles. The first-order chi connectivity index (χ1) is 18.9. The van der Waals surface area contributed by atoms with Crippen molar-refractivity contribution < 1.29 is 46.3 Å². The maximum atomic E-state index is 13.2. The number of rotatable bonds is 13. The Hall–Kier alpha value is -3.76. The molecule has 4 rings (SSSR count). The van der Waals surface area contributed by atoms with E-state index in [4.69, 9.17) is 9.26 Å². The number of hydrogen-bond donors (Lipinski definition) is 2. The third kappa shape index (κ3) is 5.88. The predicted octanol–water partition coefficient (Wildman–Crippen LogP) is -1.77. The van der Waals surface area contributed by atoms with Gasteiger partial charge in [-0.15, -0.1) is 16.9 Å². The minimum Gasteiger partial charge on any atom is -0.477 e. The first-order valence-corrected chi connectivity index (χ1v) is 14.6. The topological polar surface area (TPSA) is 252 Å². The van der Waals surface area contributed by atoms with Crippen LogP contribution in [0.5, 0.6) is 5.88 Å². The molecule has 2 aliphatic heterocycles. The van der Waals surface area contributed by atoms with Gasteiger partial charge in [0.25, 0.3) is 17.5 Å². The van der Waals surface area contributed by atoms with Crippen LogP contribution in [0.4, 0.5) is 0 Å². The standard InChI is InChI=1S/C18H20N8O11S3/c1-24-17(20-22-23-24)39-8-9-7-38-16-18(35-2,15(30)26(16)13(9)14(28)29)19-11(27)5-10-6-12(21-36-10)37-40(33,34)4-3-25(31)32/h6,16H,3-5,7-8H2,1-2H3,(H,19,27)(H,28,29)/t16-,18+/m1/s1. The summed E-state index contributed by atoms with van der Waals surface area (Å²) in [7, 11) is -1.52. The molecule has 2 aromatic rings. The van der Waals surface area contributed by atoms with Crippen molar-refractivity contribution in [2.45, 2.75) is 22.7 Å². The van der Waals surface area contributed by atoms with Crippen LogP contribution >= 0.6 is 23.5 Å². The highest BCUT2D eigenvalue weighted by Gasteiger charge is 2.66. The Bertz CT molecular complexity index is 1490. The number of ether oxygens (including phenoxy) is 1. The number of aromatic nitrogens is 5. The zero-order valence-electron chi connectivity index (χ0n) is 20.6. The number of carbonyl (C=O) groups is 3. The number of nitro groups is 1. The van der Waals surface area contributed by atoms with E-state index in [1.807, 2.05) is 0 Å². The van der Waals surface area contributed by atoms with Crippen LogP contribution in [0.2, 0.25) is 0 Å². The number of nitrogens with one attached hydrogen (secondary N) is 1. The fourth-order valence-corrected chi connectivity index (χ4v) is 6.96. The highest BCUT2D eigenvalue weighted by molar-refractivity contribution is 8.01. The van der Waals surface area contributed by atoms with E-state index in [2.05, 4.69) is 30.2 Å². The van der Waals surface area contributed by atoms with Crippen LogP contribution in [0, 0.1) is 10.1 Å². The Kier molecular flexibility index (Phi) is 8.32. The van der Waals surface area contributed by atoms with Crippen molar-refractivity contribution >= 4 is 51.4 Å². The minimum absolute atomic E-state index is 0.146. The number of tetrazole rings is 1. The summed E-state index contributed by atoms with van der Waals surface area (Å²) in [4.78, 5) is 48.7. The number of methoxy groups -OCH3 is 1. The summed E-state index contributed by atoms with van der Waals surface area (Å²) in [5.74, 6) is -4.10. The molecule has 22 heteroatoms. The molecule has 216 valence electrons. The molecule has 19 nitrogen and oxygen atoms in total. The van der Waals surface area contributed by atoms with Gasteiger partial charge in [0.15, 0.2) is 5.75 Å². The Morgan fingerprint density at radius 2 is 2.20 bits per heavy atom. The number of β-lactam (4-membered cyclic amide) rings is 1. The van der Waals surface area contributed by atoms with Crippen LogP contribution in [0.1, 0.15) is 5.76 Å². The number of carbonyl (C=O) groups excluding carboxylic acids is 2. The van der Waals surface area contributed by atoms with Crippen molar-refractivity contribution in [2.24, 2.45) is 7.05 Å². The average molecular weight is 621 g/mol. The first kappa shape index (κ1) is 29.2. The molecule has 0 aromatic carbocycles. The van der Waals surface area contributed by atoms with Crippen LogP contribution in [-0.4, -0.2) is 109 Å². The van der Waals surface area contributed by atoms with E-state index in [1.165, 1.54) is 35.3 Å². The van der Waals surface area contributed by atoms with Crippen LogP contribution in [0.15, 0.2) is 27.0 Å². The highest BCUT2D eigenvalue weighted by atomic mass is 32.2. The molecule has 0 radical (unpaired) electrons. The zero-order valence-corrected chi connectivity index (χ0v) is 23.0. The summed E-state index contributed by atoms with van der Waals surface area (Å²) in [6, 6.07) is 0.995. The molecule has 4 heterocycles. The monoisotopic (exact) mass is 620 g/mol. The van der Waals surface area contributed by atoms with Gasteiger partial charge >= 0.3 is 16.1 Å². The Balaban J connectivity index is 1.42. The first-order valence-electron chi connectivity index (χ1n) is 11.0. The van der Waals surface area contributed by atoms with Gasteiger partial charge in [0, 0.05) is 36.7 Å². The maximum Gasteiger partial charge on any atom is 0.352 e. The number of carboxylic acid groups (broad SMARTS) is 1. The molecule has 1 fully saturated rings. The van der Waals surface area contributed by atoms with Crippen LogP contribution in [-0.2, 0) is 42.7 Å². The molecule has 2 aromatic heterocycles. The number of amides is 2. The molecule has 0 spiro atoms. The molecule has 0 aliphatic carbocycles. The van der Waals surface area contributed by atoms with E-state index < -0.39 is 68.5 Å². The molecule has 2 N–H and O–H groups in total. The third-order valence-corrected chi connectivity index (χ3v) is 9.10. The molecule has 0 unspecified atom stereocenters. The van der Waals surface area contributed by atoms with Gasteiger partial charge in [-0.05, 0) is 21.2 Å². The van der Waals surface area contributed by atoms with Crippen molar-refractivity contribution in [1.29, 1.82) is 0 Å². The summed E-state index contributed by atoms with van der Waals surface area (Å²) in [6.07, 6.45) is -0.518. The quantitative estimate of drug-likeness (QED) is 0.0627. The normalized spacial score (nSPS) is 20.6. The van der Waals surface area contributed by atoms with Gasteiger partial charge in [0.1, 0.15) is 16.8 Å². The van der Waals surface area contributed by atoms with Crippen molar-refractivity contribution in [1.82, 2.24) is 35.6 Å². The van der Waals surface area contributed by atoms with E-state index in [-0.39, 0.29) is 23.0 Å².